The summed E-state index contributed by atoms with van der Waals surface area (Å²) in [5.74, 6) is 0.426. The molecule has 4 rings (SSSR count). The van der Waals surface area contributed by atoms with E-state index in [1.165, 1.54) is 23.9 Å². The Hall–Kier alpha value is -3.13. The van der Waals surface area contributed by atoms with Crippen molar-refractivity contribution < 1.29 is 18.7 Å². The second kappa shape index (κ2) is 7.24. The molecule has 0 spiro atoms. The van der Waals surface area contributed by atoms with Crippen molar-refractivity contribution in [3.8, 4) is 5.75 Å². The molecule has 1 aromatic carbocycles. The van der Waals surface area contributed by atoms with E-state index in [2.05, 4.69) is 10.3 Å². The highest BCUT2D eigenvalue weighted by Gasteiger charge is 2.25. The maximum absolute atomic E-state index is 12.7. The van der Waals surface area contributed by atoms with Crippen molar-refractivity contribution in [3.05, 3.63) is 64.6 Å². The van der Waals surface area contributed by atoms with Crippen LogP contribution in [0.25, 0.3) is 0 Å². The Bertz CT molecular complexity index is 964. The number of furan rings is 1. The minimum atomic E-state index is -0.263. The molecule has 0 fully saturated rings. The van der Waals surface area contributed by atoms with Gasteiger partial charge in [-0.15, -0.1) is 0 Å². The van der Waals surface area contributed by atoms with Crippen molar-refractivity contribution in [2.45, 2.75) is 13.0 Å². The van der Waals surface area contributed by atoms with Gasteiger partial charge in [-0.3, -0.25) is 14.9 Å². The lowest BCUT2D eigenvalue weighted by Gasteiger charge is -2.26. The smallest absolute Gasteiger partial charge is 0.260 e. The van der Waals surface area contributed by atoms with Crippen molar-refractivity contribution in [3.63, 3.8) is 0 Å². The Morgan fingerprint density at radius 1 is 1.22 bits per heavy atom. The van der Waals surface area contributed by atoms with Crippen molar-refractivity contribution in [2.75, 3.05) is 19.0 Å². The van der Waals surface area contributed by atoms with Gasteiger partial charge in [0.1, 0.15) is 12.0 Å². The molecule has 0 bridgehead atoms. The van der Waals surface area contributed by atoms with Gasteiger partial charge in [0, 0.05) is 23.4 Å². The Kier molecular flexibility index (Phi) is 4.64. The summed E-state index contributed by atoms with van der Waals surface area (Å²) in [6.45, 7) is 1.08. The molecule has 8 heteroatoms. The summed E-state index contributed by atoms with van der Waals surface area (Å²) in [7, 11) is 1.59. The van der Waals surface area contributed by atoms with Crippen molar-refractivity contribution >= 4 is 28.3 Å². The quantitative estimate of drug-likeness (QED) is 0.748. The van der Waals surface area contributed by atoms with Crippen molar-refractivity contribution in [1.82, 2.24) is 9.88 Å². The Morgan fingerprint density at radius 3 is 2.74 bits per heavy atom. The highest BCUT2D eigenvalue weighted by molar-refractivity contribution is 7.15. The molecule has 0 saturated heterocycles. The van der Waals surface area contributed by atoms with Gasteiger partial charge in [-0.05, 0) is 30.3 Å². The van der Waals surface area contributed by atoms with Gasteiger partial charge in [-0.2, -0.15) is 0 Å². The average molecular weight is 383 g/mol. The summed E-state index contributed by atoms with van der Waals surface area (Å²) in [4.78, 5) is 32.1. The van der Waals surface area contributed by atoms with Gasteiger partial charge in [-0.25, -0.2) is 4.98 Å². The molecule has 1 aliphatic rings. The largest absolute Gasteiger partial charge is 0.497 e. The number of hydrogen-bond donors (Lipinski definition) is 1. The molecule has 27 heavy (non-hydrogen) atoms. The third-order valence-corrected chi connectivity index (χ3v) is 5.36. The van der Waals surface area contributed by atoms with E-state index in [-0.39, 0.29) is 11.8 Å². The molecule has 138 valence electrons. The van der Waals surface area contributed by atoms with Crippen LogP contribution in [-0.4, -0.2) is 35.4 Å². The molecule has 0 unspecified atom stereocenters. The van der Waals surface area contributed by atoms with Gasteiger partial charge in [0.15, 0.2) is 5.13 Å². The van der Waals surface area contributed by atoms with Gasteiger partial charge >= 0.3 is 0 Å². The summed E-state index contributed by atoms with van der Waals surface area (Å²) in [6.07, 6.45) is 3.50. The molecule has 0 saturated carbocycles. The maximum atomic E-state index is 12.7. The Morgan fingerprint density at radius 2 is 2.04 bits per heavy atom. The highest BCUT2D eigenvalue weighted by Crippen LogP contribution is 2.29. The number of benzene rings is 1. The minimum Gasteiger partial charge on any atom is -0.497 e. The number of carbonyl (C=O) groups is 2. The first-order valence-corrected chi connectivity index (χ1v) is 9.21. The van der Waals surface area contributed by atoms with Crippen LogP contribution >= 0.6 is 11.3 Å². The zero-order valence-corrected chi connectivity index (χ0v) is 15.4. The van der Waals surface area contributed by atoms with E-state index >= 15 is 0 Å². The molecule has 0 aliphatic carbocycles. The van der Waals surface area contributed by atoms with Crippen LogP contribution in [0.5, 0.6) is 5.75 Å². The van der Waals surface area contributed by atoms with Crippen LogP contribution in [0.1, 0.15) is 31.3 Å². The first-order valence-electron chi connectivity index (χ1n) is 8.39. The van der Waals surface area contributed by atoms with E-state index < -0.39 is 0 Å². The number of thiazole rings is 1. The first kappa shape index (κ1) is 17.3. The number of amides is 2. The zero-order valence-electron chi connectivity index (χ0n) is 14.6. The number of carbonyl (C=O) groups excluding carboxylic acids is 2. The molecule has 0 radical (unpaired) electrons. The number of hydrogen-bond acceptors (Lipinski definition) is 6. The molecule has 1 aliphatic heterocycles. The molecule has 3 aromatic rings. The van der Waals surface area contributed by atoms with Crippen LogP contribution in [0, 0.1) is 0 Å². The number of ether oxygens (including phenoxy) is 1. The lowest BCUT2D eigenvalue weighted by molar-refractivity contribution is 0.0736. The predicted octanol–water partition coefficient (Wildman–Crippen LogP) is 3.20. The molecular formula is C19H17N3O4S. The molecule has 3 heterocycles. The van der Waals surface area contributed by atoms with Crippen LogP contribution < -0.4 is 10.1 Å². The summed E-state index contributed by atoms with van der Waals surface area (Å²) < 4.78 is 10.1. The average Bonchev–Trinajstić information content (AvgIpc) is 3.36. The SMILES string of the molecule is COc1ccc(C(=O)N2CCc3nc(NC(=O)c4ccoc4)sc3C2)cc1. The second-order valence-electron chi connectivity index (χ2n) is 6.06. The number of nitrogens with zero attached hydrogens (tertiary/aromatic N) is 2. The second-order valence-corrected chi connectivity index (χ2v) is 7.14. The number of anilines is 1. The van der Waals surface area contributed by atoms with Crippen molar-refractivity contribution in [1.29, 1.82) is 0 Å². The van der Waals surface area contributed by atoms with E-state index in [1.54, 1.807) is 42.3 Å². The zero-order chi connectivity index (χ0) is 18.8. The van der Waals surface area contributed by atoms with Crippen LogP contribution in [0.3, 0.4) is 0 Å². The monoisotopic (exact) mass is 383 g/mol. The molecule has 1 N–H and O–H groups in total. The van der Waals surface area contributed by atoms with E-state index in [0.29, 0.717) is 41.5 Å². The number of nitrogens with one attached hydrogen (secondary N) is 1. The van der Waals surface area contributed by atoms with Gasteiger partial charge in [0.25, 0.3) is 11.8 Å². The van der Waals surface area contributed by atoms with E-state index in [9.17, 15) is 9.59 Å². The lowest BCUT2D eigenvalue weighted by Crippen LogP contribution is -2.35. The van der Waals surface area contributed by atoms with Crippen LogP contribution in [0.4, 0.5) is 5.13 Å². The Balaban J connectivity index is 1.45. The normalized spacial score (nSPS) is 13.1. The topological polar surface area (TPSA) is 84.7 Å². The van der Waals surface area contributed by atoms with Crippen LogP contribution in [0.2, 0.25) is 0 Å². The fraction of sp³-hybridized carbons (Fsp3) is 0.211. The number of fused-ring (bicyclic) bond motifs is 1. The highest BCUT2D eigenvalue weighted by atomic mass is 32.1. The molecule has 7 nitrogen and oxygen atoms in total. The summed E-state index contributed by atoms with van der Waals surface area (Å²) in [5, 5.41) is 3.31. The predicted molar refractivity (Wildman–Crippen MR) is 100 cm³/mol. The molecular weight excluding hydrogens is 366 g/mol. The van der Waals surface area contributed by atoms with E-state index in [1.807, 2.05) is 0 Å². The van der Waals surface area contributed by atoms with E-state index in [4.69, 9.17) is 9.15 Å². The lowest BCUT2D eigenvalue weighted by atomic mass is 10.1. The maximum Gasteiger partial charge on any atom is 0.260 e. The summed E-state index contributed by atoms with van der Waals surface area (Å²) in [5.41, 5.74) is 2.00. The summed E-state index contributed by atoms with van der Waals surface area (Å²) in [6, 6.07) is 8.68. The number of methoxy groups -OCH3 is 1. The van der Waals surface area contributed by atoms with Gasteiger partial charge in [-0.1, -0.05) is 11.3 Å². The number of aromatic nitrogens is 1. The summed E-state index contributed by atoms with van der Waals surface area (Å²) >= 11 is 1.40. The van der Waals surface area contributed by atoms with Gasteiger partial charge < -0.3 is 14.1 Å². The third-order valence-electron chi connectivity index (χ3n) is 4.36. The Labute approximate surface area is 159 Å². The van der Waals surface area contributed by atoms with Crippen LogP contribution in [-0.2, 0) is 13.0 Å². The standard InChI is InChI=1S/C19H17N3O4S/c1-25-14-4-2-12(3-5-14)18(24)22-8-6-15-16(10-22)27-19(20-15)21-17(23)13-7-9-26-11-13/h2-5,7,9,11H,6,8,10H2,1H3,(H,20,21,23). The molecule has 2 amide bonds. The third kappa shape index (κ3) is 3.56. The fourth-order valence-corrected chi connectivity index (χ4v) is 3.92. The van der Waals surface area contributed by atoms with E-state index in [0.717, 1.165) is 10.6 Å². The minimum absolute atomic E-state index is 0.0271. The van der Waals surface area contributed by atoms with Crippen LogP contribution in [0.15, 0.2) is 47.3 Å². The first-order chi connectivity index (χ1) is 13.1. The molecule has 2 aromatic heterocycles. The molecule has 0 atom stereocenters. The van der Waals surface area contributed by atoms with Gasteiger partial charge in [0.05, 0.1) is 31.2 Å². The fourth-order valence-electron chi connectivity index (χ4n) is 2.90. The van der Waals surface area contributed by atoms with Gasteiger partial charge in [0.2, 0.25) is 0 Å². The number of rotatable bonds is 4. The van der Waals surface area contributed by atoms with Crippen molar-refractivity contribution in [2.24, 2.45) is 0 Å².